The lowest BCUT2D eigenvalue weighted by Gasteiger charge is -2.20. The summed E-state index contributed by atoms with van der Waals surface area (Å²) in [6.45, 7) is 5.09. The Kier molecular flexibility index (Phi) is 4.27. The van der Waals surface area contributed by atoms with Crippen LogP contribution in [-0.2, 0) is 13.1 Å². The first-order valence-electron chi connectivity index (χ1n) is 6.91. The van der Waals surface area contributed by atoms with E-state index in [1.807, 2.05) is 6.92 Å². The molecule has 2 amide bonds. The van der Waals surface area contributed by atoms with Crippen molar-refractivity contribution in [3.63, 3.8) is 0 Å². The van der Waals surface area contributed by atoms with Gasteiger partial charge in [-0.15, -0.1) is 0 Å². The molecule has 1 aliphatic rings. The van der Waals surface area contributed by atoms with E-state index in [4.69, 9.17) is 5.11 Å². The maximum Gasteiger partial charge on any atom is 0.335 e. The van der Waals surface area contributed by atoms with Crippen LogP contribution in [0.3, 0.4) is 0 Å². The van der Waals surface area contributed by atoms with Crippen LogP contribution in [0.2, 0.25) is 0 Å². The first kappa shape index (κ1) is 14.4. The maximum atomic E-state index is 12.1. The summed E-state index contributed by atoms with van der Waals surface area (Å²) in [6.07, 6.45) is 1.99. The lowest BCUT2D eigenvalue weighted by Crippen LogP contribution is -2.41. The third kappa shape index (κ3) is 3.10. The quantitative estimate of drug-likeness (QED) is 0.888. The third-order valence-electron chi connectivity index (χ3n) is 3.55. The lowest BCUT2D eigenvalue weighted by atomic mass is 10.1. The molecule has 5 heteroatoms. The molecule has 0 saturated heterocycles. The Labute approximate surface area is 118 Å². The van der Waals surface area contributed by atoms with E-state index in [1.165, 1.54) is 0 Å². The Morgan fingerprint density at radius 2 is 2.05 bits per heavy atom. The molecule has 1 aromatic carbocycles. The number of rotatable bonds is 4. The third-order valence-corrected chi connectivity index (χ3v) is 3.55. The van der Waals surface area contributed by atoms with E-state index in [2.05, 4.69) is 12.2 Å². The van der Waals surface area contributed by atoms with E-state index in [9.17, 15) is 9.59 Å². The van der Waals surface area contributed by atoms with Gasteiger partial charge in [-0.1, -0.05) is 19.4 Å². The molecular formula is C15H20N2O3. The largest absolute Gasteiger partial charge is 0.478 e. The Bertz CT molecular complexity index is 528. The van der Waals surface area contributed by atoms with Gasteiger partial charge in [-0.3, -0.25) is 0 Å². The van der Waals surface area contributed by atoms with Crippen LogP contribution in [0.25, 0.3) is 0 Å². The van der Waals surface area contributed by atoms with Gasteiger partial charge in [0.15, 0.2) is 0 Å². The highest BCUT2D eigenvalue weighted by Gasteiger charge is 2.24. The average molecular weight is 276 g/mol. The highest BCUT2D eigenvalue weighted by molar-refractivity contribution is 5.88. The van der Waals surface area contributed by atoms with Crippen molar-refractivity contribution >= 4 is 12.0 Å². The molecule has 0 radical (unpaired) electrons. The standard InChI is InChI=1S/C15H20N2O3/c1-3-4-10(2)16-15(20)17-8-12-6-5-11(14(18)19)7-13(12)9-17/h5-7,10H,3-4,8-9H2,1-2H3,(H,16,20)(H,18,19). The van der Waals surface area contributed by atoms with E-state index in [0.717, 1.165) is 24.0 Å². The molecule has 0 aliphatic carbocycles. The van der Waals surface area contributed by atoms with E-state index in [-0.39, 0.29) is 17.6 Å². The first-order valence-corrected chi connectivity index (χ1v) is 6.91. The summed E-state index contributed by atoms with van der Waals surface area (Å²) in [5, 5.41) is 11.9. The number of carboxylic acid groups (broad SMARTS) is 1. The summed E-state index contributed by atoms with van der Waals surface area (Å²) >= 11 is 0. The van der Waals surface area contributed by atoms with Crippen LogP contribution < -0.4 is 5.32 Å². The Hall–Kier alpha value is -2.04. The molecule has 0 aromatic heterocycles. The van der Waals surface area contributed by atoms with E-state index in [1.54, 1.807) is 23.1 Å². The minimum Gasteiger partial charge on any atom is -0.478 e. The fourth-order valence-corrected chi connectivity index (χ4v) is 2.48. The Morgan fingerprint density at radius 1 is 1.35 bits per heavy atom. The van der Waals surface area contributed by atoms with Gasteiger partial charge in [0.2, 0.25) is 0 Å². The SMILES string of the molecule is CCCC(C)NC(=O)N1Cc2ccc(C(=O)O)cc2C1. The zero-order chi connectivity index (χ0) is 14.7. The summed E-state index contributed by atoms with van der Waals surface area (Å²) in [5.41, 5.74) is 2.21. The zero-order valence-corrected chi connectivity index (χ0v) is 11.8. The molecule has 2 N–H and O–H groups in total. The molecule has 108 valence electrons. The molecule has 2 rings (SSSR count). The van der Waals surface area contributed by atoms with Gasteiger partial charge in [-0.2, -0.15) is 0 Å². The number of hydrogen-bond donors (Lipinski definition) is 2. The molecule has 0 spiro atoms. The molecular weight excluding hydrogens is 256 g/mol. The minimum absolute atomic E-state index is 0.0842. The van der Waals surface area contributed by atoms with Gasteiger partial charge in [0, 0.05) is 19.1 Å². The topological polar surface area (TPSA) is 69.6 Å². The zero-order valence-electron chi connectivity index (χ0n) is 11.8. The van der Waals surface area contributed by atoms with Crippen LogP contribution in [0, 0.1) is 0 Å². The van der Waals surface area contributed by atoms with Crippen molar-refractivity contribution in [1.29, 1.82) is 0 Å². The minimum atomic E-state index is -0.938. The number of fused-ring (bicyclic) bond motifs is 1. The van der Waals surface area contributed by atoms with Crippen molar-refractivity contribution in [3.05, 3.63) is 34.9 Å². The second kappa shape index (κ2) is 5.94. The highest BCUT2D eigenvalue weighted by atomic mass is 16.4. The highest BCUT2D eigenvalue weighted by Crippen LogP contribution is 2.24. The normalized spacial score (nSPS) is 14.8. The number of amides is 2. The lowest BCUT2D eigenvalue weighted by molar-refractivity contribution is 0.0696. The first-order chi connectivity index (χ1) is 9.51. The second-order valence-corrected chi connectivity index (χ2v) is 5.28. The summed E-state index contributed by atoms with van der Waals surface area (Å²) in [4.78, 5) is 24.8. The van der Waals surface area contributed by atoms with Crippen molar-refractivity contribution in [1.82, 2.24) is 10.2 Å². The van der Waals surface area contributed by atoms with E-state index in [0.29, 0.717) is 13.1 Å². The molecule has 5 nitrogen and oxygen atoms in total. The number of carboxylic acids is 1. The van der Waals surface area contributed by atoms with Crippen molar-refractivity contribution < 1.29 is 14.7 Å². The molecule has 1 aromatic rings. The van der Waals surface area contributed by atoms with Crippen LogP contribution in [-0.4, -0.2) is 28.0 Å². The van der Waals surface area contributed by atoms with Crippen molar-refractivity contribution in [2.75, 3.05) is 0 Å². The van der Waals surface area contributed by atoms with Gasteiger partial charge in [0.25, 0.3) is 0 Å². The van der Waals surface area contributed by atoms with Crippen molar-refractivity contribution in [2.45, 2.75) is 45.8 Å². The number of carbonyl (C=O) groups is 2. The number of hydrogen-bond acceptors (Lipinski definition) is 2. The van der Waals surface area contributed by atoms with Gasteiger partial charge in [0.1, 0.15) is 0 Å². The van der Waals surface area contributed by atoms with E-state index < -0.39 is 5.97 Å². The number of urea groups is 1. The van der Waals surface area contributed by atoms with Gasteiger partial charge < -0.3 is 15.3 Å². The summed E-state index contributed by atoms with van der Waals surface area (Å²) in [6, 6.07) is 5.11. The number of nitrogens with one attached hydrogen (secondary N) is 1. The van der Waals surface area contributed by atoms with Gasteiger partial charge >= 0.3 is 12.0 Å². The van der Waals surface area contributed by atoms with E-state index >= 15 is 0 Å². The number of aromatic carboxylic acids is 1. The summed E-state index contributed by atoms with van der Waals surface area (Å²) < 4.78 is 0. The molecule has 0 fully saturated rings. The van der Waals surface area contributed by atoms with Crippen molar-refractivity contribution in [3.8, 4) is 0 Å². The fraction of sp³-hybridized carbons (Fsp3) is 0.467. The average Bonchev–Trinajstić information content (AvgIpc) is 2.81. The summed E-state index contributed by atoms with van der Waals surface area (Å²) in [5.74, 6) is -0.938. The van der Waals surface area contributed by atoms with Crippen LogP contribution >= 0.6 is 0 Å². The maximum absolute atomic E-state index is 12.1. The molecule has 1 aliphatic heterocycles. The van der Waals surface area contributed by atoms with Gasteiger partial charge in [0.05, 0.1) is 5.56 Å². The second-order valence-electron chi connectivity index (χ2n) is 5.28. The Morgan fingerprint density at radius 3 is 2.70 bits per heavy atom. The fourth-order valence-electron chi connectivity index (χ4n) is 2.48. The smallest absolute Gasteiger partial charge is 0.335 e. The molecule has 20 heavy (non-hydrogen) atoms. The summed E-state index contributed by atoms with van der Waals surface area (Å²) in [7, 11) is 0. The number of carbonyl (C=O) groups excluding carboxylic acids is 1. The van der Waals surface area contributed by atoms with Gasteiger partial charge in [-0.05, 0) is 36.6 Å². The Balaban J connectivity index is 2.02. The monoisotopic (exact) mass is 276 g/mol. The molecule has 0 bridgehead atoms. The van der Waals surface area contributed by atoms with Crippen molar-refractivity contribution in [2.24, 2.45) is 0 Å². The molecule has 1 unspecified atom stereocenters. The van der Waals surface area contributed by atoms with Crippen LogP contribution in [0.4, 0.5) is 4.79 Å². The van der Waals surface area contributed by atoms with Crippen LogP contribution in [0.1, 0.15) is 48.2 Å². The number of benzene rings is 1. The number of nitrogens with zero attached hydrogens (tertiary/aromatic N) is 1. The predicted molar refractivity (Wildman–Crippen MR) is 75.6 cm³/mol. The van der Waals surface area contributed by atoms with Gasteiger partial charge in [-0.25, -0.2) is 9.59 Å². The van der Waals surface area contributed by atoms with Crippen LogP contribution in [0.5, 0.6) is 0 Å². The molecule has 0 saturated carbocycles. The van der Waals surface area contributed by atoms with Crippen LogP contribution in [0.15, 0.2) is 18.2 Å². The molecule has 1 heterocycles. The predicted octanol–water partition coefficient (Wildman–Crippen LogP) is 2.60. The molecule has 1 atom stereocenters.